The minimum Gasteiger partial charge on any atom is -0.490 e. The molecule has 0 saturated heterocycles. The van der Waals surface area contributed by atoms with Crippen LogP contribution in [0.3, 0.4) is 0 Å². The number of carbonyl (C=O) groups excluding carboxylic acids is 2. The Morgan fingerprint density at radius 1 is 1.08 bits per heavy atom. The Morgan fingerprint density at radius 3 is 2.50 bits per heavy atom. The number of hydrogen-bond acceptors (Lipinski definition) is 4. The highest BCUT2D eigenvalue weighted by Crippen LogP contribution is 2.27. The minimum atomic E-state index is -0.806. The van der Waals surface area contributed by atoms with Gasteiger partial charge in [-0.1, -0.05) is 24.3 Å². The molecule has 6 heteroatoms. The maximum Gasteiger partial charge on any atom is 0.342 e. The number of rotatable bonds is 4. The summed E-state index contributed by atoms with van der Waals surface area (Å²) in [6.07, 6.45) is 6.31. The summed E-state index contributed by atoms with van der Waals surface area (Å²) >= 11 is 0. The van der Waals surface area contributed by atoms with E-state index in [1.54, 1.807) is 54.6 Å². The molecule has 3 rings (SSSR count). The Kier molecular flexibility index (Phi) is 5.49. The molecule has 3 amide bonds. The second kappa shape index (κ2) is 8.17. The highest BCUT2D eigenvalue weighted by atomic mass is 16.5. The molecule has 2 aromatic carbocycles. The summed E-state index contributed by atoms with van der Waals surface area (Å²) in [6, 6.07) is 14.3. The monoisotopic (exact) mass is 349 g/mol. The van der Waals surface area contributed by atoms with E-state index >= 15 is 0 Å². The molecule has 6 nitrogen and oxygen atoms in total. The fraction of sp³-hybridized carbons (Fsp3) is 0.250. The van der Waals surface area contributed by atoms with Crippen LogP contribution in [0.25, 0.3) is 0 Å². The molecule has 26 heavy (non-hydrogen) atoms. The molecule has 1 aliphatic carbocycles. The lowest BCUT2D eigenvalue weighted by Gasteiger charge is -2.17. The predicted molar refractivity (Wildman–Crippen MR) is 96.7 cm³/mol. The van der Waals surface area contributed by atoms with Crippen molar-refractivity contribution in [2.24, 2.45) is 0 Å². The number of benzene rings is 2. The van der Waals surface area contributed by atoms with Crippen LogP contribution in [0.4, 0.5) is 10.5 Å². The molecule has 0 spiro atoms. The number of ether oxygens (including phenoxy) is 1. The Morgan fingerprint density at radius 2 is 1.81 bits per heavy atom. The molecule has 132 valence electrons. The van der Waals surface area contributed by atoms with Crippen molar-refractivity contribution in [2.75, 3.05) is 4.90 Å². The summed E-state index contributed by atoms with van der Waals surface area (Å²) in [7, 11) is 0. The van der Waals surface area contributed by atoms with Crippen molar-refractivity contribution in [3.63, 3.8) is 0 Å². The lowest BCUT2D eigenvalue weighted by molar-refractivity contribution is 0.0966. The van der Waals surface area contributed by atoms with E-state index in [0.29, 0.717) is 17.0 Å². The topological polar surface area (TPSA) is 82.4 Å². The summed E-state index contributed by atoms with van der Waals surface area (Å²) < 4.78 is 5.91. The smallest absolute Gasteiger partial charge is 0.342 e. The fourth-order valence-corrected chi connectivity index (χ4v) is 2.93. The maximum absolute atomic E-state index is 12.3. The molecule has 2 aromatic rings. The van der Waals surface area contributed by atoms with Gasteiger partial charge in [-0.25, -0.2) is 4.79 Å². The van der Waals surface area contributed by atoms with Crippen LogP contribution >= 0.6 is 0 Å². The minimum absolute atomic E-state index is 0.175. The molecule has 0 heterocycles. The van der Waals surface area contributed by atoms with Crippen LogP contribution in [-0.2, 0) is 0 Å². The van der Waals surface area contributed by atoms with Crippen LogP contribution < -0.4 is 15.0 Å². The van der Waals surface area contributed by atoms with E-state index in [1.807, 2.05) is 6.19 Å². The van der Waals surface area contributed by atoms with Gasteiger partial charge in [-0.2, -0.15) is 10.2 Å². The number of anilines is 1. The van der Waals surface area contributed by atoms with Crippen LogP contribution in [-0.4, -0.2) is 18.0 Å². The number of hydrogen-bond donors (Lipinski definition) is 1. The summed E-state index contributed by atoms with van der Waals surface area (Å²) in [5.74, 6) is 0.0473. The molecule has 0 aliphatic heterocycles. The van der Waals surface area contributed by atoms with E-state index in [4.69, 9.17) is 4.74 Å². The van der Waals surface area contributed by atoms with Gasteiger partial charge in [-0.15, -0.1) is 0 Å². The fourth-order valence-electron chi connectivity index (χ4n) is 2.93. The van der Waals surface area contributed by atoms with Crippen LogP contribution in [0.2, 0.25) is 0 Å². The van der Waals surface area contributed by atoms with Gasteiger partial charge in [0.1, 0.15) is 5.75 Å². The number of nitriles is 1. The highest BCUT2D eigenvalue weighted by molar-refractivity contribution is 6.09. The molecule has 1 N–H and O–H groups in total. The Hall–Kier alpha value is -3.33. The van der Waals surface area contributed by atoms with E-state index in [1.165, 1.54) is 0 Å². The summed E-state index contributed by atoms with van der Waals surface area (Å²) in [5, 5.41) is 11.6. The van der Waals surface area contributed by atoms with Crippen LogP contribution in [0.1, 0.15) is 36.0 Å². The van der Waals surface area contributed by atoms with E-state index in [9.17, 15) is 14.9 Å². The average molecular weight is 349 g/mol. The molecule has 0 aromatic heterocycles. The molecule has 1 aliphatic rings. The highest BCUT2D eigenvalue weighted by Gasteiger charge is 2.21. The SMILES string of the molecule is N#CN(C(=O)NC(=O)c1ccccc1)c1cccc(OC2CCCC2)c1. The lowest BCUT2D eigenvalue weighted by atomic mass is 10.2. The third-order valence-electron chi connectivity index (χ3n) is 4.24. The van der Waals surface area contributed by atoms with Crippen molar-refractivity contribution in [1.29, 1.82) is 5.26 Å². The Balaban J connectivity index is 1.70. The van der Waals surface area contributed by atoms with E-state index in [2.05, 4.69) is 5.32 Å². The second-order valence-electron chi connectivity index (χ2n) is 6.08. The summed E-state index contributed by atoms with van der Waals surface area (Å²) in [5.41, 5.74) is 0.693. The zero-order valence-corrected chi connectivity index (χ0v) is 14.2. The van der Waals surface area contributed by atoms with Crippen molar-refractivity contribution in [1.82, 2.24) is 5.32 Å². The van der Waals surface area contributed by atoms with Gasteiger partial charge in [0.25, 0.3) is 5.91 Å². The first-order valence-electron chi connectivity index (χ1n) is 8.54. The van der Waals surface area contributed by atoms with Gasteiger partial charge in [-0.3, -0.25) is 10.1 Å². The number of nitrogens with one attached hydrogen (secondary N) is 1. The van der Waals surface area contributed by atoms with E-state index < -0.39 is 11.9 Å². The van der Waals surface area contributed by atoms with Gasteiger partial charge < -0.3 is 4.74 Å². The number of carbonyl (C=O) groups is 2. The van der Waals surface area contributed by atoms with Crippen molar-refractivity contribution in [3.8, 4) is 11.9 Å². The van der Waals surface area contributed by atoms with E-state index in [-0.39, 0.29) is 6.10 Å². The molecule has 0 unspecified atom stereocenters. The standard InChI is InChI=1S/C20H19N3O3/c21-14-23(20(25)22-19(24)15-7-2-1-3-8-15)16-9-6-12-18(13-16)26-17-10-4-5-11-17/h1-3,6-9,12-13,17H,4-5,10-11H2,(H,22,24,25). The maximum atomic E-state index is 12.3. The third-order valence-corrected chi connectivity index (χ3v) is 4.24. The first-order valence-corrected chi connectivity index (χ1v) is 8.54. The number of amides is 3. The largest absolute Gasteiger partial charge is 0.490 e. The van der Waals surface area contributed by atoms with Crippen LogP contribution in [0.5, 0.6) is 5.75 Å². The molecule has 0 atom stereocenters. The number of urea groups is 1. The normalized spacial score (nSPS) is 13.7. The van der Waals surface area contributed by atoms with Gasteiger partial charge in [-0.05, 0) is 49.9 Å². The predicted octanol–water partition coefficient (Wildman–Crippen LogP) is 3.85. The van der Waals surface area contributed by atoms with Crippen molar-refractivity contribution >= 4 is 17.6 Å². The van der Waals surface area contributed by atoms with Gasteiger partial charge >= 0.3 is 6.03 Å². The zero-order chi connectivity index (χ0) is 18.4. The summed E-state index contributed by atoms with van der Waals surface area (Å²) in [4.78, 5) is 25.3. The first-order chi connectivity index (χ1) is 12.7. The average Bonchev–Trinajstić information content (AvgIpc) is 3.16. The van der Waals surface area contributed by atoms with Crippen LogP contribution in [0, 0.1) is 11.5 Å². The zero-order valence-electron chi connectivity index (χ0n) is 14.2. The van der Waals surface area contributed by atoms with Gasteiger partial charge in [0.05, 0.1) is 11.8 Å². The number of imide groups is 1. The quantitative estimate of drug-likeness (QED) is 0.671. The molecule has 0 radical (unpaired) electrons. The number of nitrogens with zero attached hydrogens (tertiary/aromatic N) is 2. The molecule has 1 saturated carbocycles. The third kappa shape index (κ3) is 4.19. The first kappa shape index (κ1) is 17.5. The molecule has 1 fully saturated rings. The lowest BCUT2D eigenvalue weighted by Crippen LogP contribution is -2.40. The van der Waals surface area contributed by atoms with Gasteiger partial charge in [0.15, 0.2) is 6.19 Å². The molecular weight excluding hydrogens is 330 g/mol. The van der Waals surface area contributed by atoms with E-state index in [0.717, 1.165) is 30.6 Å². The Bertz CT molecular complexity index is 824. The van der Waals surface area contributed by atoms with Crippen molar-refractivity contribution < 1.29 is 14.3 Å². The van der Waals surface area contributed by atoms with Gasteiger partial charge in [0.2, 0.25) is 0 Å². The second-order valence-corrected chi connectivity index (χ2v) is 6.08. The van der Waals surface area contributed by atoms with Crippen molar-refractivity contribution in [2.45, 2.75) is 31.8 Å². The van der Waals surface area contributed by atoms with Crippen LogP contribution in [0.15, 0.2) is 54.6 Å². The van der Waals surface area contributed by atoms with Gasteiger partial charge in [0, 0.05) is 11.6 Å². The molecule has 0 bridgehead atoms. The summed E-state index contributed by atoms with van der Waals surface area (Å²) in [6.45, 7) is 0. The molecular formula is C20H19N3O3. The Labute approximate surface area is 152 Å². The van der Waals surface area contributed by atoms with Crippen molar-refractivity contribution in [3.05, 3.63) is 60.2 Å².